The zero-order chi connectivity index (χ0) is 13.5. The summed E-state index contributed by atoms with van der Waals surface area (Å²) in [6, 6.07) is 3.35. The molecular weight excluding hydrogens is 262 g/mol. The summed E-state index contributed by atoms with van der Waals surface area (Å²) in [6.45, 7) is 2.27. The van der Waals surface area contributed by atoms with Crippen LogP contribution in [0.3, 0.4) is 0 Å². The number of amides is 1. The van der Waals surface area contributed by atoms with Crippen molar-refractivity contribution in [2.75, 3.05) is 0 Å². The Morgan fingerprint density at radius 1 is 1.50 bits per heavy atom. The molecule has 1 unspecified atom stereocenters. The normalized spacial score (nSPS) is 12.9. The molecule has 18 heavy (non-hydrogen) atoms. The van der Waals surface area contributed by atoms with Crippen LogP contribution in [0.5, 0.6) is 0 Å². The van der Waals surface area contributed by atoms with Crippen LogP contribution in [0.2, 0.25) is 0 Å². The van der Waals surface area contributed by atoms with Crippen LogP contribution in [0.15, 0.2) is 16.5 Å². The van der Waals surface area contributed by atoms with Gasteiger partial charge in [-0.25, -0.2) is 0 Å². The van der Waals surface area contributed by atoms with Crippen molar-refractivity contribution in [1.82, 2.24) is 5.32 Å². The lowest BCUT2D eigenvalue weighted by Crippen LogP contribution is -2.30. The molecule has 1 aromatic rings. The van der Waals surface area contributed by atoms with Crippen molar-refractivity contribution in [3.8, 4) is 0 Å². The van der Waals surface area contributed by atoms with Gasteiger partial charge in [0.05, 0.1) is 12.3 Å². The van der Waals surface area contributed by atoms with E-state index in [9.17, 15) is 13.6 Å². The number of hydrogen-bond donors (Lipinski definition) is 2. The van der Waals surface area contributed by atoms with Crippen molar-refractivity contribution in [2.45, 2.75) is 37.4 Å². The third kappa shape index (κ3) is 6.02. The van der Waals surface area contributed by atoms with Crippen molar-refractivity contribution in [1.29, 1.82) is 0 Å². The number of halogens is 2. The van der Waals surface area contributed by atoms with E-state index < -0.39 is 5.76 Å². The van der Waals surface area contributed by atoms with Gasteiger partial charge in [0.15, 0.2) is 0 Å². The number of carbonyl (C=O) groups excluding carboxylic acids is 1. The molecule has 0 fully saturated rings. The molecule has 0 saturated heterocycles. The van der Waals surface area contributed by atoms with Crippen molar-refractivity contribution in [2.24, 2.45) is 5.73 Å². The van der Waals surface area contributed by atoms with E-state index >= 15 is 0 Å². The molecule has 4 nitrogen and oxygen atoms in total. The van der Waals surface area contributed by atoms with E-state index in [0.29, 0.717) is 29.8 Å². The van der Waals surface area contributed by atoms with Crippen LogP contribution in [-0.4, -0.2) is 17.7 Å². The Hall–Kier alpha value is -1.08. The fourth-order valence-corrected chi connectivity index (χ4v) is 1.83. The third-order valence-electron chi connectivity index (χ3n) is 2.20. The summed E-state index contributed by atoms with van der Waals surface area (Å²) in [7, 11) is 0. The lowest BCUT2D eigenvalue weighted by Gasteiger charge is -2.09. The van der Waals surface area contributed by atoms with Crippen LogP contribution in [0, 0.1) is 0 Å². The Kier molecular flexibility index (Phi) is 6.14. The molecular formula is C11H16F2N2O2S. The summed E-state index contributed by atoms with van der Waals surface area (Å²) in [5.41, 5.74) is 5.06. The highest BCUT2D eigenvalue weighted by atomic mass is 32.2. The second-order valence-electron chi connectivity index (χ2n) is 3.89. The number of thioether (sulfide) groups is 1. The standard InChI is InChI=1S/C11H16F2N2O2S/c1-7(4-10(14)16)15-5-8-2-3-9(17-8)6-18-11(12)13/h2-3,7,11,15H,4-6H2,1H3,(H2,14,16). The first-order valence-electron chi connectivity index (χ1n) is 5.46. The zero-order valence-corrected chi connectivity index (χ0v) is 10.8. The van der Waals surface area contributed by atoms with Gasteiger partial charge in [-0.15, -0.1) is 0 Å². The Bertz CT molecular complexity index is 385. The Morgan fingerprint density at radius 3 is 2.78 bits per heavy atom. The molecule has 0 aliphatic heterocycles. The second-order valence-corrected chi connectivity index (χ2v) is 4.87. The first-order chi connectivity index (χ1) is 8.47. The van der Waals surface area contributed by atoms with Crippen molar-refractivity contribution >= 4 is 17.7 Å². The molecule has 1 heterocycles. The maximum atomic E-state index is 12.0. The minimum Gasteiger partial charge on any atom is -0.464 e. The maximum absolute atomic E-state index is 12.0. The Labute approximate surface area is 108 Å². The van der Waals surface area contributed by atoms with E-state index in [0.717, 1.165) is 0 Å². The number of nitrogens with two attached hydrogens (primary N) is 1. The molecule has 0 saturated carbocycles. The molecule has 7 heteroatoms. The van der Waals surface area contributed by atoms with E-state index in [1.807, 2.05) is 6.92 Å². The van der Waals surface area contributed by atoms with Gasteiger partial charge in [-0.2, -0.15) is 8.78 Å². The van der Waals surface area contributed by atoms with Crippen molar-refractivity contribution in [3.63, 3.8) is 0 Å². The average molecular weight is 278 g/mol. The highest BCUT2D eigenvalue weighted by Crippen LogP contribution is 2.21. The second kappa shape index (κ2) is 7.38. The topological polar surface area (TPSA) is 68.3 Å². The molecule has 102 valence electrons. The van der Waals surface area contributed by atoms with Gasteiger partial charge in [-0.1, -0.05) is 11.8 Å². The van der Waals surface area contributed by atoms with Gasteiger partial charge in [-0.05, 0) is 19.1 Å². The third-order valence-corrected chi connectivity index (χ3v) is 2.90. The van der Waals surface area contributed by atoms with Crippen molar-refractivity contribution in [3.05, 3.63) is 23.7 Å². The minimum atomic E-state index is -2.40. The van der Waals surface area contributed by atoms with Crippen LogP contribution >= 0.6 is 11.8 Å². The van der Waals surface area contributed by atoms with Gasteiger partial charge >= 0.3 is 0 Å². The quantitative estimate of drug-likeness (QED) is 0.764. The summed E-state index contributed by atoms with van der Waals surface area (Å²) in [5, 5.41) is 3.06. The van der Waals surface area contributed by atoms with E-state index in [4.69, 9.17) is 10.2 Å². The number of furan rings is 1. The fourth-order valence-electron chi connectivity index (χ4n) is 1.39. The summed E-state index contributed by atoms with van der Waals surface area (Å²) >= 11 is 0.522. The summed E-state index contributed by atoms with van der Waals surface area (Å²) in [5.74, 6) is -1.46. The number of nitrogens with one attached hydrogen (secondary N) is 1. The van der Waals surface area contributed by atoms with Crippen molar-refractivity contribution < 1.29 is 18.0 Å². The van der Waals surface area contributed by atoms with Gasteiger partial charge in [0, 0.05) is 12.5 Å². The van der Waals surface area contributed by atoms with Crippen LogP contribution in [-0.2, 0) is 17.1 Å². The number of alkyl halides is 2. The van der Waals surface area contributed by atoms with Crippen LogP contribution < -0.4 is 11.1 Å². The average Bonchev–Trinajstić information content (AvgIpc) is 2.70. The Morgan fingerprint density at radius 2 is 2.17 bits per heavy atom. The summed E-state index contributed by atoms with van der Waals surface area (Å²) < 4.78 is 29.3. The lowest BCUT2D eigenvalue weighted by molar-refractivity contribution is -0.118. The molecule has 0 spiro atoms. The molecule has 1 atom stereocenters. The largest absolute Gasteiger partial charge is 0.464 e. The van der Waals surface area contributed by atoms with Gasteiger partial charge in [0.1, 0.15) is 11.5 Å². The smallest absolute Gasteiger partial charge is 0.284 e. The fraction of sp³-hybridized carbons (Fsp3) is 0.545. The molecule has 3 N–H and O–H groups in total. The summed E-state index contributed by atoms with van der Waals surface area (Å²) in [6.07, 6.45) is 0.245. The molecule has 0 aliphatic carbocycles. The number of carbonyl (C=O) groups is 1. The molecule has 0 bridgehead atoms. The van der Waals surface area contributed by atoms with E-state index in [1.165, 1.54) is 0 Å². The van der Waals surface area contributed by atoms with Gasteiger partial charge in [0.2, 0.25) is 5.91 Å². The van der Waals surface area contributed by atoms with E-state index in [1.54, 1.807) is 12.1 Å². The van der Waals surface area contributed by atoms with Crippen LogP contribution in [0.25, 0.3) is 0 Å². The Balaban J connectivity index is 2.32. The molecule has 0 aliphatic rings. The highest BCUT2D eigenvalue weighted by molar-refractivity contribution is 7.98. The summed E-state index contributed by atoms with van der Waals surface area (Å²) in [4.78, 5) is 10.7. The molecule has 0 aromatic carbocycles. The zero-order valence-electron chi connectivity index (χ0n) is 9.99. The minimum absolute atomic E-state index is 0.0495. The highest BCUT2D eigenvalue weighted by Gasteiger charge is 2.09. The molecule has 1 amide bonds. The van der Waals surface area contributed by atoms with Crippen LogP contribution in [0.1, 0.15) is 24.9 Å². The van der Waals surface area contributed by atoms with Gasteiger partial charge in [-0.3, -0.25) is 4.79 Å². The van der Waals surface area contributed by atoms with Crippen LogP contribution in [0.4, 0.5) is 8.78 Å². The maximum Gasteiger partial charge on any atom is 0.284 e. The predicted molar refractivity (Wildman–Crippen MR) is 66.1 cm³/mol. The van der Waals surface area contributed by atoms with Gasteiger partial charge in [0.25, 0.3) is 5.76 Å². The number of hydrogen-bond acceptors (Lipinski definition) is 4. The van der Waals surface area contributed by atoms with E-state index in [-0.39, 0.29) is 24.1 Å². The van der Waals surface area contributed by atoms with Gasteiger partial charge < -0.3 is 15.5 Å². The SMILES string of the molecule is CC(CC(N)=O)NCc1ccc(CSC(F)F)o1. The first kappa shape index (κ1) is 15.0. The van der Waals surface area contributed by atoms with E-state index in [2.05, 4.69) is 5.32 Å². The monoisotopic (exact) mass is 278 g/mol. The number of primary amides is 1. The number of rotatable bonds is 8. The predicted octanol–water partition coefficient (Wildman–Crippen LogP) is 2.09. The first-order valence-corrected chi connectivity index (χ1v) is 6.51. The molecule has 1 rings (SSSR count). The lowest BCUT2D eigenvalue weighted by atomic mass is 10.2. The molecule has 0 radical (unpaired) electrons. The molecule has 1 aromatic heterocycles.